The van der Waals surface area contributed by atoms with E-state index in [1.54, 1.807) is 0 Å². The van der Waals surface area contributed by atoms with Gasteiger partial charge in [-0.1, -0.05) is 251 Å². The number of ether oxygens (including phenoxy) is 4. The molecule has 0 spiro atoms. The minimum Gasteiger partial charge on any atom is -0.462 e. The highest BCUT2D eigenvalue weighted by molar-refractivity contribution is 5.70. The summed E-state index contributed by atoms with van der Waals surface area (Å²) in [4.78, 5) is 25.5. The van der Waals surface area contributed by atoms with Crippen molar-refractivity contribution in [1.82, 2.24) is 0 Å². The van der Waals surface area contributed by atoms with Gasteiger partial charge in [-0.15, -0.1) is 0 Å². The van der Waals surface area contributed by atoms with E-state index in [-0.39, 0.29) is 32.0 Å². The van der Waals surface area contributed by atoms with Crippen LogP contribution in [0.2, 0.25) is 0 Å². The molecule has 0 aromatic carbocycles. The van der Waals surface area contributed by atoms with E-state index in [4.69, 9.17) is 18.9 Å². The number of aliphatic hydroxyl groups is 4. The van der Waals surface area contributed by atoms with Gasteiger partial charge in [-0.25, -0.2) is 0 Å². The van der Waals surface area contributed by atoms with E-state index in [2.05, 4.69) is 13.8 Å². The van der Waals surface area contributed by atoms with Crippen LogP contribution in [0.4, 0.5) is 0 Å². The summed E-state index contributed by atoms with van der Waals surface area (Å²) in [5, 5.41) is 40.3. The van der Waals surface area contributed by atoms with Gasteiger partial charge in [0.2, 0.25) is 0 Å². The Labute approximate surface area is 393 Å². The molecule has 0 aromatic heterocycles. The predicted octanol–water partition coefficient (Wildman–Crippen LogP) is 13.3. The van der Waals surface area contributed by atoms with Crippen molar-refractivity contribution in [2.45, 2.75) is 314 Å². The third-order valence-corrected chi connectivity index (χ3v) is 13.2. The molecule has 4 N–H and O–H groups in total. The molecule has 1 heterocycles. The third-order valence-electron chi connectivity index (χ3n) is 13.2. The molecule has 0 aliphatic carbocycles. The summed E-state index contributed by atoms with van der Waals surface area (Å²) >= 11 is 0. The SMILES string of the molecule is CCCCCCCCCCCCCCCCCCCCCCC(=O)O[C@H](COC(=O)CCCCCCCCCCCCCCCCCCCCC)CO[C@@H]1O[C@H](CO)[C@H](O)C(O)C1O. The lowest BCUT2D eigenvalue weighted by molar-refractivity contribution is -0.305. The Morgan fingerprint density at radius 2 is 0.734 bits per heavy atom. The van der Waals surface area contributed by atoms with Gasteiger partial charge in [0.05, 0.1) is 13.2 Å². The Bertz CT molecular complexity index is 1010. The second-order valence-corrected chi connectivity index (χ2v) is 19.4. The molecule has 6 atom stereocenters. The predicted molar refractivity (Wildman–Crippen MR) is 261 cm³/mol. The number of unbranched alkanes of at least 4 members (excludes halogenated alkanes) is 37. The zero-order valence-electron chi connectivity index (χ0n) is 41.8. The summed E-state index contributed by atoms with van der Waals surface area (Å²) in [6, 6.07) is 0. The van der Waals surface area contributed by atoms with E-state index in [0.717, 1.165) is 32.1 Å². The molecule has 1 aliphatic rings. The Kier molecular flexibility index (Phi) is 43.1. The first-order chi connectivity index (χ1) is 31.3. The smallest absolute Gasteiger partial charge is 0.306 e. The monoisotopic (exact) mass is 913 g/mol. The number of aliphatic hydroxyl groups excluding tert-OH is 4. The highest BCUT2D eigenvalue weighted by atomic mass is 16.7. The molecule has 0 radical (unpaired) electrons. The van der Waals surface area contributed by atoms with Gasteiger partial charge in [0.25, 0.3) is 0 Å². The maximum absolute atomic E-state index is 12.9. The summed E-state index contributed by atoms with van der Waals surface area (Å²) in [6.07, 6.45) is 42.6. The molecule has 0 amide bonds. The molecule has 1 rings (SSSR count). The Balaban J connectivity index is 2.21. The van der Waals surface area contributed by atoms with E-state index < -0.39 is 49.4 Å². The van der Waals surface area contributed by atoms with Crippen LogP contribution in [0.3, 0.4) is 0 Å². The van der Waals surface area contributed by atoms with Crippen LogP contribution < -0.4 is 0 Å². The number of hydrogen-bond acceptors (Lipinski definition) is 10. The molecule has 10 heteroatoms. The second-order valence-electron chi connectivity index (χ2n) is 19.4. The quantitative estimate of drug-likeness (QED) is 0.0343. The van der Waals surface area contributed by atoms with Gasteiger partial charge in [0.15, 0.2) is 12.4 Å². The van der Waals surface area contributed by atoms with E-state index in [1.807, 2.05) is 0 Å². The molecule has 2 unspecified atom stereocenters. The molecule has 64 heavy (non-hydrogen) atoms. The first-order valence-corrected chi connectivity index (χ1v) is 27.6. The summed E-state index contributed by atoms with van der Waals surface area (Å²) in [5.41, 5.74) is 0. The second kappa shape index (κ2) is 45.5. The molecule has 380 valence electrons. The largest absolute Gasteiger partial charge is 0.462 e. The van der Waals surface area contributed by atoms with Crippen molar-refractivity contribution >= 4 is 11.9 Å². The molecule has 10 nitrogen and oxygen atoms in total. The van der Waals surface area contributed by atoms with E-state index >= 15 is 0 Å². The van der Waals surface area contributed by atoms with E-state index in [0.29, 0.717) is 6.42 Å². The van der Waals surface area contributed by atoms with Gasteiger partial charge < -0.3 is 39.4 Å². The Morgan fingerprint density at radius 3 is 1.06 bits per heavy atom. The van der Waals surface area contributed by atoms with Crippen LogP contribution >= 0.6 is 0 Å². The zero-order valence-corrected chi connectivity index (χ0v) is 41.8. The minimum atomic E-state index is -1.59. The van der Waals surface area contributed by atoms with Gasteiger partial charge in [-0.2, -0.15) is 0 Å². The lowest BCUT2D eigenvalue weighted by Gasteiger charge is -2.39. The first-order valence-electron chi connectivity index (χ1n) is 27.6. The van der Waals surface area contributed by atoms with Crippen molar-refractivity contribution < 1.29 is 49.0 Å². The Morgan fingerprint density at radius 1 is 0.422 bits per heavy atom. The van der Waals surface area contributed by atoms with Gasteiger partial charge in [0, 0.05) is 12.8 Å². The maximum atomic E-state index is 12.9. The summed E-state index contributed by atoms with van der Waals surface area (Å²) < 4.78 is 22.3. The van der Waals surface area contributed by atoms with Crippen molar-refractivity contribution in [2.75, 3.05) is 19.8 Å². The molecule has 0 aromatic rings. The van der Waals surface area contributed by atoms with Gasteiger partial charge >= 0.3 is 11.9 Å². The highest BCUT2D eigenvalue weighted by Crippen LogP contribution is 2.23. The lowest BCUT2D eigenvalue weighted by atomic mass is 9.99. The fraction of sp³-hybridized carbons (Fsp3) is 0.963. The molecule has 1 fully saturated rings. The molecule has 0 bridgehead atoms. The van der Waals surface area contributed by atoms with Crippen molar-refractivity contribution in [3.05, 3.63) is 0 Å². The topological polar surface area (TPSA) is 152 Å². The van der Waals surface area contributed by atoms with Gasteiger partial charge in [0.1, 0.15) is 31.0 Å². The molecule has 1 saturated heterocycles. The molecular weight excluding hydrogens is 809 g/mol. The van der Waals surface area contributed by atoms with Crippen molar-refractivity contribution in [2.24, 2.45) is 0 Å². The summed E-state index contributed by atoms with van der Waals surface area (Å²) in [6.45, 7) is 3.49. The number of hydrogen-bond donors (Lipinski definition) is 4. The lowest BCUT2D eigenvalue weighted by Crippen LogP contribution is -2.59. The number of carbonyl (C=O) groups excluding carboxylic acids is 2. The van der Waals surface area contributed by atoms with Gasteiger partial charge in [-0.05, 0) is 12.8 Å². The molecular formula is C54H104O10. The average molecular weight is 913 g/mol. The van der Waals surface area contributed by atoms with Crippen molar-refractivity contribution in [3.63, 3.8) is 0 Å². The normalized spacial score (nSPS) is 19.2. The Hall–Kier alpha value is -1.30. The molecule has 0 saturated carbocycles. The third kappa shape index (κ3) is 35.8. The fourth-order valence-electron chi connectivity index (χ4n) is 8.90. The van der Waals surface area contributed by atoms with Crippen LogP contribution in [0, 0.1) is 0 Å². The minimum absolute atomic E-state index is 0.208. The van der Waals surface area contributed by atoms with Crippen LogP contribution in [0.5, 0.6) is 0 Å². The number of carbonyl (C=O) groups is 2. The maximum Gasteiger partial charge on any atom is 0.306 e. The van der Waals surface area contributed by atoms with Gasteiger partial charge in [-0.3, -0.25) is 9.59 Å². The van der Waals surface area contributed by atoms with E-state index in [1.165, 1.54) is 212 Å². The average Bonchev–Trinajstić information content (AvgIpc) is 3.29. The van der Waals surface area contributed by atoms with Crippen LogP contribution in [0.25, 0.3) is 0 Å². The first kappa shape index (κ1) is 60.7. The van der Waals surface area contributed by atoms with Crippen molar-refractivity contribution in [3.8, 4) is 0 Å². The van der Waals surface area contributed by atoms with Crippen LogP contribution in [0.1, 0.15) is 277 Å². The van der Waals surface area contributed by atoms with Crippen LogP contribution in [-0.4, -0.2) is 89.0 Å². The highest BCUT2D eigenvalue weighted by Gasteiger charge is 2.44. The summed E-state index contributed by atoms with van der Waals surface area (Å²) in [7, 11) is 0. The zero-order chi connectivity index (χ0) is 46.6. The van der Waals surface area contributed by atoms with Crippen LogP contribution in [-0.2, 0) is 28.5 Å². The van der Waals surface area contributed by atoms with E-state index in [9.17, 15) is 30.0 Å². The standard InChI is InChI=1S/C54H104O10/c1-3-5-7-9-11-13-15-17-19-21-23-25-27-29-31-33-35-37-39-41-43-50(57)63-47(46-62-54-53(60)52(59)51(58)48(44-55)64-54)45-61-49(56)42-40-38-36-34-32-30-28-26-24-22-20-18-16-14-12-10-8-6-4-2/h47-48,51-55,58-60H,3-46H2,1-2H3/t47-,48-,51+,52?,53?,54-/m1/s1. The van der Waals surface area contributed by atoms with Crippen LogP contribution in [0.15, 0.2) is 0 Å². The number of rotatable bonds is 48. The van der Waals surface area contributed by atoms with Crippen molar-refractivity contribution in [1.29, 1.82) is 0 Å². The number of esters is 2. The summed E-state index contributed by atoms with van der Waals surface area (Å²) in [5.74, 6) is -0.783. The fourth-order valence-corrected chi connectivity index (χ4v) is 8.90. The molecule has 1 aliphatic heterocycles.